The van der Waals surface area contributed by atoms with E-state index in [1.165, 1.54) is 6.07 Å². The van der Waals surface area contributed by atoms with Gasteiger partial charge in [-0.05, 0) is 77.5 Å². The fraction of sp³-hybridized carbons (Fsp3) is 0.250. The van der Waals surface area contributed by atoms with Crippen LogP contribution in [0.4, 0.5) is 4.39 Å². The number of nitrogens with one attached hydrogen (secondary N) is 1. The molecule has 4 heteroatoms. The van der Waals surface area contributed by atoms with Crippen molar-refractivity contribution in [2.24, 2.45) is 0 Å². The molecule has 0 saturated heterocycles. The Morgan fingerprint density at radius 2 is 1.90 bits per heavy atom. The molecule has 0 aliphatic rings. The number of rotatable bonds is 6. The van der Waals surface area contributed by atoms with Crippen LogP contribution in [0.2, 0.25) is 0 Å². The maximum absolute atomic E-state index is 14.0. The van der Waals surface area contributed by atoms with E-state index in [1.807, 2.05) is 30.3 Å². The van der Waals surface area contributed by atoms with Gasteiger partial charge in [0.1, 0.15) is 5.75 Å². The van der Waals surface area contributed by atoms with Crippen molar-refractivity contribution in [3.05, 3.63) is 57.4 Å². The van der Waals surface area contributed by atoms with Crippen molar-refractivity contribution >= 4 is 22.6 Å². The van der Waals surface area contributed by atoms with Crippen molar-refractivity contribution in [1.29, 1.82) is 0 Å². The number of benzene rings is 2. The molecular formula is C16H17FINO. The van der Waals surface area contributed by atoms with Crippen LogP contribution in [0.1, 0.15) is 18.9 Å². The first-order chi connectivity index (χ1) is 9.69. The smallest absolute Gasteiger partial charge is 0.166 e. The molecule has 20 heavy (non-hydrogen) atoms. The van der Waals surface area contributed by atoms with E-state index in [-0.39, 0.29) is 11.6 Å². The van der Waals surface area contributed by atoms with Crippen LogP contribution in [0, 0.1) is 9.39 Å². The van der Waals surface area contributed by atoms with Crippen LogP contribution < -0.4 is 10.1 Å². The Kier molecular flexibility index (Phi) is 5.79. The predicted octanol–water partition coefficient (Wildman–Crippen LogP) is 4.72. The van der Waals surface area contributed by atoms with Gasteiger partial charge in [-0.2, -0.15) is 0 Å². The van der Waals surface area contributed by atoms with E-state index in [0.717, 1.165) is 22.1 Å². The normalized spacial score (nSPS) is 10.6. The lowest BCUT2D eigenvalue weighted by molar-refractivity contribution is 0.441. The first kappa shape index (κ1) is 15.3. The second kappa shape index (κ2) is 7.59. The van der Waals surface area contributed by atoms with Crippen LogP contribution in [0.3, 0.4) is 0 Å². The average molecular weight is 385 g/mol. The molecule has 0 aliphatic heterocycles. The maximum atomic E-state index is 14.0. The second-order valence-electron chi connectivity index (χ2n) is 4.50. The Balaban J connectivity index is 2.03. The second-order valence-corrected chi connectivity index (χ2v) is 5.74. The van der Waals surface area contributed by atoms with Crippen molar-refractivity contribution in [2.45, 2.75) is 19.9 Å². The first-order valence-electron chi connectivity index (χ1n) is 6.61. The summed E-state index contributed by atoms with van der Waals surface area (Å²) in [5, 5.41) is 3.25. The highest BCUT2D eigenvalue weighted by Crippen LogP contribution is 2.25. The zero-order valence-electron chi connectivity index (χ0n) is 11.3. The molecule has 1 N–H and O–H groups in total. The van der Waals surface area contributed by atoms with Crippen LogP contribution >= 0.6 is 22.6 Å². The summed E-state index contributed by atoms with van der Waals surface area (Å²) in [5.74, 6) is 0.561. The summed E-state index contributed by atoms with van der Waals surface area (Å²) in [5.41, 5.74) is 0.922. The lowest BCUT2D eigenvalue weighted by Crippen LogP contribution is -2.13. The Morgan fingerprint density at radius 1 is 1.15 bits per heavy atom. The van der Waals surface area contributed by atoms with Crippen LogP contribution in [-0.4, -0.2) is 6.54 Å². The number of halogens is 2. The van der Waals surface area contributed by atoms with Gasteiger partial charge in [0, 0.05) is 10.1 Å². The molecule has 2 aromatic rings. The van der Waals surface area contributed by atoms with E-state index in [1.54, 1.807) is 6.07 Å². The highest BCUT2D eigenvalue weighted by atomic mass is 127. The molecule has 2 rings (SSSR count). The fourth-order valence-corrected chi connectivity index (χ4v) is 2.14. The first-order valence-corrected chi connectivity index (χ1v) is 7.69. The minimum Gasteiger partial charge on any atom is -0.454 e. The number of hydrogen-bond donors (Lipinski definition) is 1. The summed E-state index contributed by atoms with van der Waals surface area (Å²) < 4.78 is 20.6. The van der Waals surface area contributed by atoms with Crippen molar-refractivity contribution in [3.8, 4) is 11.5 Å². The van der Waals surface area contributed by atoms with Crippen LogP contribution in [0.15, 0.2) is 42.5 Å². The zero-order valence-corrected chi connectivity index (χ0v) is 13.5. The maximum Gasteiger partial charge on any atom is 0.166 e. The quantitative estimate of drug-likeness (QED) is 0.574. The Labute approximate surface area is 132 Å². The molecular weight excluding hydrogens is 368 g/mol. The largest absolute Gasteiger partial charge is 0.454 e. The highest BCUT2D eigenvalue weighted by Gasteiger charge is 2.06. The Hall–Kier alpha value is -1.14. The van der Waals surface area contributed by atoms with Gasteiger partial charge in [0.05, 0.1) is 0 Å². The predicted molar refractivity (Wildman–Crippen MR) is 87.6 cm³/mol. The molecule has 0 heterocycles. The molecule has 0 saturated carbocycles. The van der Waals surface area contributed by atoms with Gasteiger partial charge < -0.3 is 10.1 Å². The minimum atomic E-state index is -0.334. The van der Waals surface area contributed by atoms with Gasteiger partial charge >= 0.3 is 0 Å². The van der Waals surface area contributed by atoms with Crippen molar-refractivity contribution in [1.82, 2.24) is 5.32 Å². The minimum absolute atomic E-state index is 0.255. The van der Waals surface area contributed by atoms with Gasteiger partial charge in [-0.3, -0.25) is 0 Å². The van der Waals surface area contributed by atoms with Crippen molar-refractivity contribution < 1.29 is 9.13 Å². The molecule has 0 radical (unpaired) electrons. The average Bonchev–Trinajstić information content (AvgIpc) is 2.44. The van der Waals surface area contributed by atoms with Gasteiger partial charge in [0.15, 0.2) is 11.6 Å². The van der Waals surface area contributed by atoms with E-state index in [9.17, 15) is 4.39 Å². The SMILES string of the molecule is CCCNCc1ccc(Oc2ccc(I)cc2)c(F)c1. The Morgan fingerprint density at radius 3 is 2.55 bits per heavy atom. The van der Waals surface area contributed by atoms with E-state index in [0.29, 0.717) is 12.3 Å². The van der Waals surface area contributed by atoms with E-state index < -0.39 is 0 Å². The molecule has 0 aliphatic carbocycles. The molecule has 106 valence electrons. The van der Waals surface area contributed by atoms with Gasteiger partial charge in [0.2, 0.25) is 0 Å². The molecule has 0 fully saturated rings. The van der Waals surface area contributed by atoms with Gasteiger partial charge in [0.25, 0.3) is 0 Å². The van der Waals surface area contributed by atoms with E-state index in [4.69, 9.17) is 4.74 Å². The molecule has 0 unspecified atom stereocenters. The highest BCUT2D eigenvalue weighted by molar-refractivity contribution is 14.1. The van der Waals surface area contributed by atoms with Crippen molar-refractivity contribution in [2.75, 3.05) is 6.54 Å². The lowest BCUT2D eigenvalue weighted by Gasteiger charge is -2.09. The number of ether oxygens (including phenoxy) is 1. The van der Waals surface area contributed by atoms with Gasteiger partial charge in [-0.1, -0.05) is 13.0 Å². The third kappa shape index (κ3) is 4.45. The molecule has 2 aromatic carbocycles. The summed E-state index contributed by atoms with van der Waals surface area (Å²) in [6, 6.07) is 12.6. The molecule has 0 atom stereocenters. The van der Waals surface area contributed by atoms with E-state index in [2.05, 4.69) is 34.8 Å². The summed E-state index contributed by atoms with van der Waals surface area (Å²) in [6.45, 7) is 3.71. The lowest BCUT2D eigenvalue weighted by atomic mass is 10.2. The van der Waals surface area contributed by atoms with E-state index >= 15 is 0 Å². The molecule has 0 amide bonds. The fourth-order valence-electron chi connectivity index (χ4n) is 1.78. The molecule has 2 nitrogen and oxygen atoms in total. The topological polar surface area (TPSA) is 21.3 Å². The molecule has 0 aromatic heterocycles. The van der Waals surface area contributed by atoms with Crippen LogP contribution in [0.5, 0.6) is 11.5 Å². The summed E-state index contributed by atoms with van der Waals surface area (Å²) in [4.78, 5) is 0. The van der Waals surface area contributed by atoms with Crippen LogP contribution in [-0.2, 0) is 6.54 Å². The third-order valence-electron chi connectivity index (χ3n) is 2.79. The van der Waals surface area contributed by atoms with Gasteiger partial charge in [-0.15, -0.1) is 0 Å². The zero-order chi connectivity index (χ0) is 14.4. The van der Waals surface area contributed by atoms with Crippen molar-refractivity contribution in [3.63, 3.8) is 0 Å². The molecule has 0 bridgehead atoms. The monoisotopic (exact) mass is 385 g/mol. The standard InChI is InChI=1S/C16H17FINO/c1-2-9-19-11-12-3-8-16(15(17)10-12)20-14-6-4-13(18)5-7-14/h3-8,10,19H,2,9,11H2,1H3. The van der Waals surface area contributed by atoms with Crippen LogP contribution in [0.25, 0.3) is 0 Å². The summed E-state index contributed by atoms with van der Waals surface area (Å²) >= 11 is 2.22. The third-order valence-corrected chi connectivity index (χ3v) is 3.51. The van der Waals surface area contributed by atoms with Gasteiger partial charge in [-0.25, -0.2) is 4.39 Å². The Bertz CT molecular complexity index is 557. The number of hydrogen-bond acceptors (Lipinski definition) is 2. The summed E-state index contributed by atoms with van der Waals surface area (Å²) in [7, 11) is 0. The summed E-state index contributed by atoms with van der Waals surface area (Å²) in [6.07, 6.45) is 1.07. The molecule has 0 spiro atoms.